The molecule has 0 radical (unpaired) electrons. The Bertz CT molecular complexity index is 712. The maximum Gasteiger partial charge on any atom is 0.189 e. The lowest BCUT2D eigenvalue weighted by Crippen LogP contribution is -1.95. The average molecular weight is 280 g/mol. The summed E-state index contributed by atoms with van der Waals surface area (Å²) < 4.78 is 10.3. The largest absolute Gasteiger partial charge is 0.497 e. The number of ketones is 1. The maximum absolute atomic E-state index is 12.4. The van der Waals surface area contributed by atoms with E-state index in [2.05, 4.69) is 0 Å². The van der Waals surface area contributed by atoms with Gasteiger partial charge < -0.3 is 9.47 Å². The number of methoxy groups -OCH3 is 2. The van der Waals surface area contributed by atoms with Crippen molar-refractivity contribution in [3.63, 3.8) is 0 Å². The van der Waals surface area contributed by atoms with Crippen LogP contribution in [0.5, 0.6) is 11.5 Å². The van der Waals surface area contributed by atoms with E-state index in [1.54, 1.807) is 14.2 Å². The van der Waals surface area contributed by atoms with Crippen LogP contribution in [0.4, 0.5) is 0 Å². The van der Waals surface area contributed by atoms with Crippen LogP contribution >= 0.6 is 0 Å². The first-order valence-electron chi connectivity index (χ1n) is 6.77. The predicted molar refractivity (Wildman–Crippen MR) is 82.0 cm³/mol. The number of hydrogen-bond acceptors (Lipinski definition) is 3. The molecule has 0 aliphatic heterocycles. The number of Topliss-reactive ketones (excluding diaryl/α,β-unsaturated/α-hetero) is 1. The van der Waals surface area contributed by atoms with Crippen LogP contribution in [-0.2, 0) is 6.42 Å². The first-order chi connectivity index (χ1) is 10.2. The van der Waals surface area contributed by atoms with Crippen molar-refractivity contribution >= 4 is 11.9 Å². The molecule has 0 unspecified atom stereocenters. The van der Waals surface area contributed by atoms with E-state index in [0.717, 1.165) is 33.8 Å². The molecule has 0 saturated carbocycles. The molecular weight excluding hydrogens is 264 g/mol. The van der Waals surface area contributed by atoms with Crippen molar-refractivity contribution in [2.24, 2.45) is 0 Å². The molecule has 0 bridgehead atoms. The second-order valence-electron chi connectivity index (χ2n) is 4.97. The molecule has 106 valence electrons. The number of fused-ring (bicyclic) bond motifs is 1. The number of rotatable bonds is 3. The Morgan fingerprint density at radius 2 is 1.62 bits per heavy atom. The van der Waals surface area contributed by atoms with Crippen LogP contribution in [0.3, 0.4) is 0 Å². The van der Waals surface area contributed by atoms with E-state index in [9.17, 15) is 4.79 Å². The van der Waals surface area contributed by atoms with Crippen molar-refractivity contribution in [1.82, 2.24) is 0 Å². The smallest absolute Gasteiger partial charge is 0.189 e. The van der Waals surface area contributed by atoms with Crippen molar-refractivity contribution in [3.8, 4) is 11.5 Å². The zero-order valence-electron chi connectivity index (χ0n) is 12.1. The molecule has 3 rings (SSSR count). The molecule has 0 amide bonds. The molecule has 0 spiro atoms. The number of carbonyl (C=O) groups is 1. The lowest BCUT2D eigenvalue weighted by Gasteiger charge is -2.01. The molecule has 3 nitrogen and oxygen atoms in total. The molecule has 0 heterocycles. The van der Waals surface area contributed by atoms with Gasteiger partial charge in [0.1, 0.15) is 11.5 Å². The molecule has 21 heavy (non-hydrogen) atoms. The van der Waals surface area contributed by atoms with Gasteiger partial charge in [0, 0.05) is 17.6 Å². The van der Waals surface area contributed by atoms with Gasteiger partial charge in [0.15, 0.2) is 5.78 Å². The summed E-state index contributed by atoms with van der Waals surface area (Å²) in [5.41, 5.74) is 3.61. The molecule has 3 heteroatoms. The Kier molecular flexibility index (Phi) is 3.48. The summed E-state index contributed by atoms with van der Waals surface area (Å²) in [6.45, 7) is 0. The fourth-order valence-corrected chi connectivity index (χ4v) is 2.54. The van der Waals surface area contributed by atoms with E-state index in [0.29, 0.717) is 6.42 Å². The van der Waals surface area contributed by atoms with Crippen molar-refractivity contribution in [1.29, 1.82) is 0 Å². The Labute approximate surface area is 123 Å². The standard InChI is InChI=1S/C18H16O3/c1-20-15-5-3-12(4-6-15)9-14-10-13-11-16(21-2)7-8-17(13)18(14)19/h3-9,11H,10H2,1-2H3/b14-9+. The van der Waals surface area contributed by atoms with Gasteiger partial charge in [0.25, 0.3) is 0 Å². The Morgan fingerprint density at radius 1 is 0.952 bits per heavy atom. The number of ether oxygens (including phenoxy) is 2. The van der Waals surface area contributed by atoms with Crippen LogP contribution in [0.1, 0.15) is 21.5 Å². The first-order valence-corrected chi connectivity index (χ1v) is 6.77. The fraction of sp³-hybridized carbons (Fsp3) is 0.167. The lowest BCUT2D eigenvalue weighted by atomic mass is 10.1. The molecule has 0 atom stereocenters. The van der Waals surface area contributed by atoms with E-state index in [1.807, 2.05) is 48.5 Å². The van der Waals surface area contributed by atoms with Gasteiger partial charge in [0.05, 0.1) is 14.2 Å². The fourth-order valence-electron chi connectivity index (χ4n) is 2.54. The summed E-state index contributed by atoms with van der Waals surface area (Å²) in [6.07, 6.45) is 2.59. The van der Waals surface area contributed by atoms with Crippen molar-refractivity contribution in [3.05, 3.63) is 64.7 Å². The van der Waals surface area contributed by atoms with Crippen LogP contribution in [0, 0.1) is 0 Å². The quantitative estimate of drug-likeness (QED) is 0.807. The second kappa shape index (κ2) is 5.44. The van der Waals surface area contributed by atoms with Crippen LogP contribution < -0.4 is 9.47 Å². The van der Waals surface area contributed by atoms with E-state index < -0.39 is 0 Å². The van der Waals surface area contributed by atoms with Crippen LogP contribution in [0.25, 0.3) is 6.08 Å². The SMILES string of the molecule is COc1ccc(/C=C2\Cc3cc(OC)ccc3C2=O)cc1. The molecular formula is C18H16O3. The summed E-state index contributed by atoms with van der Waals surface area (Å²) in [5.74, 6) is 1.69. The van der Waals surface area contributed by atoms with E-state index >= 15 is 0 Å². The van der Waals surface area contributed by atoms with Gasteiger partial charge in [-0.3, -0.25) is 4.79 Å². The molecule has 2 aromatic carbocycles. The second-order valence-corrected chi connectivity index (χ2v) is 4.97. The van der Waals surface area contributed by atoms with Crippen LogP contribution in [0.2, 0.25) is 0 Å². The van der Waals surface area contributed by atoms with Gasteiger partial charge in [-0.2, -0.15) is 0 Å². The highest BCUT2D eigenvalue weighted by Gasteiger charge is 2.24. The Hall–Kier alpha value is -2.55. The number of allylic oxidation sites excluding steroid dienone is 1. The monoisotopic (exact) mass is 280 g/mol. The minimum atomic E-state index is 0.100. The Balaban J connectivity index is 1.90. The molecule has 0 fully saturated rings. The first kappa shape index (κ1) is 13.4. The number of carbonyl (C=O) groups excluding carboxylic acids is 1. The number of hydrogen-bond donors (Lipinski definition) is 0. The Morgan fingerprint density at radius 3 is 2.29 bits per heavy atom. The minimum absolute atomic E-state index is 0.100. The summed E-state index contributed by atoms with van der Waals surface area (Å²) in [7, 11) is 3.27. The van der Waals surface area contributed by atoms with Gasteiger partial charge in [-0.15, -0.1) is 0 Å². The molecule has 1 aliphatic carbocycles. The van der Waals surface area contributed by atoms with Crippen LogP contribution in [0.15, 0.2) is 48.0 Å². The molecule has 0 saturated heterocycles. The third-order valence-electron chi connectivity index (χ3n) is 3.69. The summed E-state index contributed by atoms with van der Waals surface area (Å²) in [6, 6.07) is 13.3. The lowest BCUT2D eigenvalue weighted by molar-refractivity contribution is 0.104. The molecule has 0 aromatic heterocycles. The summed E-state index contributed by atoms with van der Waals surface area (Å²) in [5, 5.41) is 0. The van der Waals surface area contributed by atoms with Crippen molar-refractivity contribution in [2.75, 3.05) is 14.2 Å². The minimum Gasteiger partial charge on any atom is -0.497 e. The van der Waals surface area contributed by atoms with Gasteiger partial charge in [-0.25, -0.2) is 0 Å². The van der Waals surface area contributed by atoms with Gasteiger partial charge in [0.2, 0.25) is 0 Å². The molecule has 1 aliphatic rings. The topological polar surface area (TPSA) is 35.5 Å². The highest BCUT2D eigenvalue weighted by molar-refractivity contribution is 6.15. The normalized spacial score (nSPS) is 15.1. The van der Waals surface area contributed by atoms with E-state index in [-0.39, 0.29) is 5.78 Å². The zero-order chi connectivity index (χ0) is 14.8. The van der Waals surface area contributed by atoms with Crippen molar-refractivity contribution < 1.29 is 14.3 Å². The highest BCUT2D eigenvalue weighted by atomic mass is 16.5. The average Bonchev–Trinajstić information content (AvgIpc) is 2.83. The summed E-state index contributed by atoms with van der Waals surface area (Å²) in [4.78, 5) is 12.4. The van der Waals surface area contributed by atoms with Crippen LogP contribution in [-0.4, -0.2) is 20.0 Å². The number of benzene rings is 2. The zero-order valence-corrected chi connectivity index (χ0v) is 12.1. The summed E-state index contributed by atoms with van der Waals surface area (Å²) >= 11 is 0. The predicted octanol–water partition coefficient (Wildman–Crippen LogP) is 3.53. The third-order valence-corrected chi connectivity index (χ3v) is 3.69. The molecule has 0 N–H and O–H groups in total. The van der Waals surface area contributed by atoms with Crippen molar-refractivity contribution in [2.45, 2.75) is 6.42 Å². The van der Waals surface area contributed by atoms with E-state index in [1.165, 1.54) is 0 Å². The van der Waals surface area contributed by atoms with Gasteiger partial charge >= 0.3 is 0 Å². The van der Waals surface area contributed by atoms with E-state index in [4.69, 9.17) is 9.47 Å². The third kappa shape index (κ3) is 2.55. The highest BCUT2D eigenvalue weighted by Crippen LogP contribution is 2.30. The van der Waals surface area contributed by atoms with Gasteiger partial charge in [-0.1, -0.05) is 12.1 Å². The molecule has 2 aromatic rings. The maximum atomic E-state index is 12.4. The van der Waals surface area contributed by atoms with Gasteiger partial charge in [-0.05, 0) is 47.5 Å².